The average molecular weight is 342 g/mol. The van der Waals surface area contributed by atoms with Crippen molar-refractivity contribution in [2.45, 2.75) is 58.4 Å². The molecule has 1 heterocycles. The molecule has 1 atom stereocenters. The van der Waals surface area contributed by atoms with Gasteiger partial charge in [-0.3, -0.25) is 4.68 Å². The van der Waals surface area contributed by atoms with Crippen molar-refractivity contribution in [1.82, 2.24) is 15.1 Å². The van der Waals surface area contributed by atoms with E-state index in [-0.39, 0.29) is 0 Å². The first-order valence-corrected chi connectivity index (χ1v) is 8.73. The number of hydrogen-bond donors (Lipinski definition) is 1. The van der Waals surface area contributed by atoms with Gasteiger partial charge in [0.15, 0.2) is 0 Å². The minimum Gasteiger partial charge on any atom is -0.316 e. The third kappa shape index (κ3) is 3.45. The Morgan fingerprint density at radius 1 is 1.35 bits per heavy atom. The molecule has 0 aliphatic heterocycles. The number of aromatic nitrogens is 2. The zero-order valence-electron chi connectivity index (χ0n) is 13.2. The Kier molecular flexibility index (Phi) is 5.67. The molecule has 4 heteroatoms. The monoisotopic (exact) mass is 341 g/mol. The predicted octanol–water partition coefficient (Wildman–Crippen LogP) is 3.70. The standard InChI is InChI=1S/C16H28BrN3/c1-5-13-16(17)15(20(4)19-13)10-14(18-3)12-8-6-11(2)7-9-12/h11-12,14,18H,5-10H2,1-4H3. The van der Waals surface area contributed by atoms with E-state index in [0.29, 0.717) is 6.04 Å². The maximum Gasteiger partial charge on any atom is 0.0766 e. The highest BCUT2D eigenvalue weighted by atomic mass is 79.9. The lowest BCUT2D eigenvalue weighted by molar-refractivity contribution is 0.233. The molecule has 1 aliphatic carbocycles. The van der Waals surface area contributed by atoms with Gasteiger partial charge in [-0.2, -0.15) is 5.10 Å². The fourth-order valence-corrected chi connectivity index (χ4v) is 4.22. The Hall–Kier alpha value is -0.350. The van der Waals surface area contributed by atoms with Crippen molar-refractivity contribution in [1.29, 1.82) is 0 Å². The summed E-state index contributed by atoms with van der Waals surface area (Å²) in [6, 6.07) is 0.568. The van der Waals surface area contributed by atoms with E-state index in [1.165, 1.54) is 41.5 Å². The van der Waals surface area contributed by atoms with Crippen LogP contribution in [0.3, 0.4) is 0 Å². The van der Waals surface area contributed by atoms with Crippen LogP contribution in [0.5, 0.6) is 0 Å². The fourth-order valence-electron chi connectivity index (χ4n) is 3.44. The zero-order chi connectivity index (χ0) is 14.7. The van der Waals surface area contributed by atoms with E-state index in [1.807, 2.05) is 0 Å². The summed E-state index contributed by atoms with van der Waals surface area (Å²) in [6.07, 6.45) is 7.55. The van der Waals surface area contributed by atoms with Gasteiger partial charge in [0, 0.05) is 19.5 Å². The molecule has 1 saturated carbocycles. The second-order valence-electron chi connectivity index (χ2n) is 6.30. The van der Waals surface area contributed by atoms with E-state index in [9.17, 15) is 0 Å². The van der Waals surface area contributed by atoms with Gasteiger partial charge >= 0.3 is 0 Å². The molecule has 0 saturated heterocycles. The molecule has 3 nitrogen and oxygen atoms in total. The molecule has 1 aliphatic rings. The molecular formula is C16H28BrN3. The second kappa shape index (κ2) is 7.08. The van der Waals surface area contributed by atoms with Gasteiger partial charge in [0.1, 0.15) is 0 Å². The molecular weight excluding hydrogens is 314 g/mol. The number of nitrogens with one attached hydrogen (secondary N) is 1. The Morgan fingerprint density at radius 3 is 2.50 bits per heavy atom. The number of aryl methyl sites for hydroxylation is 2. The first kappa shape index (κ1) is 16.0. The van der Waals surface area contributed by atoms with Crippen molar-refractivity contribution in [3.05, 3.63) is 15.9 Å². The fraction of sp³-hybridized carbons (Fsp3) is 0.812. The average Bonchev–Trinajstić information content (AvgIpc) is 2.72. The van der Waals surface area contributed by atoms with Gasteiger partial charge in [-0.05, 0) is 54.1 Å². The summed E-state index contributed by atoms with van der Waals surface area (Å²) in [5.74, 6) is 1.72. The smallest absolute Gasteiger partial charge is 0.0766 e. The van der Waals surface area contributed by atoms with Crippen molar-refractivity contribution in [2.75, 3.05) is 7.05 Å². The molecule has 1 aromatic heterocycles. The van der Waals surface area contributed by atoms with Gasteiger partial charge in [-0.25, -0.2) is 0 Å². The lowest BCUT2D eigenvalue weighted by Gasteiger charge is -2.32. The topological polar surface area (TPSA) is 29.9 Å². The number of hydrogen-bond acceptors (Lipinski definition) is 2. The Morgan fingerprint density at radius 2 is 2.00 bits per heavy atom. The highest BCUT2D eigenvalue weighted by Crippen LogP contribution is 2.32. The molecule has 2 rings (SSSR count). The number of rotatable bonds is 5. The van der Waals surface area contributed by atoms with Crippen molar-refractivity contribution in [3.8, 4) is 0 Å². The van der Waals surface area contributed by atoms with Crippen LogP contribution in [0.25, 0.3) is 0 Å². The summed E-state index contributed by atoms with van der Waals surface area (Å²) in [6.45, 7) is 4.55. The third-order valence-corrected chi connectivity index (χ3v) is 5.83. The van der Waals surface area contributed by atoms with Gasteiger partial charge in [0.05, 0.1) is 15.9 Å². The lowest BCUT2D eigenvalue weighted by atomic mass is 9.78. The molecule has 1 unspecified atom stereocenters. The van der Waals surface area contributed by atoms with Crippen molar-refractivity contribution in [3.63, 3.8) is 0 Å². The third-order valence-electron chi connectivity index (χ3n) is 4.92. The van der Waals surface area contributed by atoms with E-state index in [0.717, 1.165) is 24.7 Å². The Labute approximate surface area is 131 Å². The normalized spacial score (nSPS) is 24.9. The number of nitrogens with zero attached hydrogens (tertiary/aromatic N) is 2. The lowest BCUT2D eigenvalue weighted by Crippen LogP contribution is -2.38. The van der Waals surface area contributed by atoms with E-state index in [1.54, 1.807) is 0 Å². The zero-order valence-corrected chi connectivity index (χ0v) is 14.8. The molecule has 0 bridgehead atoms. The summed E-state index contributed by atoms with van der Waals surface area (Å²) in [7, 11) is 4.17. The summed E-state index contributed by atoms with van der Waals surface area (Å²) < 4.78 is 3.27. The summed E-state index contributed by atoms with van der Waals surface area (Å²) >= 11 is 3.74. The van der Waals surface area contributed by atoms with Crippen LogP contribution in [0, 0.1) is 11.8 Å². The van der Waals surface area contributed by atoms with Crippen LogP contribution in [-0.2, 0) is 19.9 Å². The maximum absolute atomic E-state index is 4.62. The van der Waals surface area contributed by atoms with Crippen molar-refractivity contribution in [2.24, 2.45) is 18.9 Å². The Balaban J connectivity index is 2.08. The van der Waals surface area contributed by atoms with Gasteiger partial charge < -0.3 is 5.32 Å². The maximum atomic E-state index is 4.62. The molecule has 0 spiro atoms. The molecule has 0 radical (unpaired) electrons. The number of likely N-dealkylation sites (N-methyl/N-ethyl adjacent to an activating group) is 1. The molecule has 0 amide bonds. The van der Waals surface area contributed by atoms with Crippen LogP contribution in [0.15, 0.2) is 4.47 Å². The van der Waals surface area contributed by atoms with Gasteiger partial charge in [-0.15, -0.1) is 0 Å². The summed E-state index contributed by atoms with van der Waals surface area (Å²) in [5.41, 5.74) is 2.51. The summed E-state index contributed by atoms with van der Waals surface area (Å²) in [5, 5.41) is 8.17. The van der Waals surface area contributed by atoms with Crippen LogP contribution in [0.4, 0.5) is 0 Å². The Bertz CT molecular complexity index is 433. The highest BCUT2D eigenvalue weighted by Gasteiger charge is 2.27. The minimum absolute atomic E-state index is 0.568. The molecule has 1 fully saturated rings. The molecule has 1 N–H and O–H groups in total. The van der Waals surface area contributed by atoms with E-state index in [2.05, 4.69) is 59.0 Å². The van der Waals surface area contributed by atoms with E-state index >= 15 is 0 Å². The van der Waals surface area contributed by atoms with Crippen molar-refractivity contribution >= 4 is 15.9 Å². The van der Waals surface area contributed by atoms with Crippen LogP contribution in [-0.4, -0.2) is 22.9 Å². The molecule has 1 aromatic rings. The number of halogens is 1. The predicted molar refractivity (Wildman–Crippen MR) is 88.0 cm³/mol. The van der Waals surface area contributed by atoms with E-state index < -0.39 is 0 Å². The van der Waals surface area contributed by atoms with Crippen LogP contribution >= 0.6 is 15.9 Å². The second-order valence-corrected chi connectivity index (χ2v) is 7.10. The van der Waals surface area contributed by atoms with Crippen LogP contribution in [0.1, 0.15) is 50.9 Å². The first-order chi connectivity index (χ1) is 9.56. The molecule has 0 aromatic carbocycles. The summed E-state index contributed by atoms with van der Waals surface area (Å²) in [4.78, 5) is 0. The molecule has 114 valence electrons. The molecule has 20 heavy (non-hydrogen) atoms. The van der Waals surface area contributed by atoms with Crippen LogP contribution in [0.2, 0.25) is 0 Å². The quantitative estimate of drug-likeness (QED) is 0.884. The van der Waals surface area contributed by atoms with Gasteiger partial charge in [-0.1, -0.05) is 26.7 Å². The SMILES string of the molecule is CCc1nn(C)c(CC(NC)C2CCC(C)CC2)c1Br. The highest BCUT2D eigenvalue weighted by molar-refractivity contribution is 9.10. The minimum atomic E-state index is 0.568. The largest absolute Gasteiger partial charge is 0.316 e. The van der Waals surface area contributed by atoms with Crippen molar-refractivity contribution < 1.29 is 0 Å². The van der Waals surface area contributed by atoms with Gasteiger partial charge in [0.25, 0.3) is 0 Å². The van der Waals surface area contributed by atoms with Gasteiger partial charge in [0.2, 0.25) is 0 Å². The van der Waals surface area contributed by atoms with Crippen LogP contribution < -0.4 is 5.32 Å². The first-order valence-electron chi connectivity index (χ1n) is 7.94. The van der Waals surface area contributed by atoms with E-state index in [4.69, 9.17) is 0 Å².